The van der Waals surface area contributed by atoms with E-state index >= 15 is 0 Å². The molecule has 22 heavy (non-hydrogen) atoms. The van der Waals surface area contributed by atoms with Gasteiger partial charge in [0.15, 0.2) is 0 Å². The zero-order valence-corrected chi connectivity index (χ0v) is 13.1. The quantitative estimate of drug-likeness (QED) is 0.705. The number of ketones is 1. The molecule has 0 radical (unpaired) electrons. The molecule has 5 aliphatic carbocycles. The predicted octanol–water partition coefficient (Wildman–Crippen LogP) is 4.34. The van der Waals surface area contributed by atoms with E-state index in [1.54, 1.807) is 0 Å². The molecule has 0 aromatic carbocycles. The summed E-state index contributed by atoms with van der Waals surface area (Å²) in [5, 5.41) is 0. The number of carbonyl (C=O) groups excluding carboxylic acids is 1. The van der Waals surface area contributed by atoms with Gasteiger partial charge >= 0.3 is 0 Å². The molecule has 0 amide bonds. The number of fused-ring (bicyclic) bond motifs is 11. The third kappa shape index (κ3) is 1.10. The Labute approximate surface area is 132 Å². The summed E-state index contributed by atoms with van der Waals surface area (Å²) in [6.07, 6.45) is 17.7. The van der Waals surface area contributed by atoms with E-state index in [2.05, 4.69) is 37.5 Å². The Bertz CT molecular complexity index is 586. The first-order valence-electron chi connectivity index (χ1n) is 8.83. The van der Waals surface area contributed by atoms with Gasteiger partial charge in [-0.3, -0.25) is 4.79 Å². The van der Waals surface area contributed by atoms with Gasteiger partial charge in [-0.25, -0.2) is 0 Å². The van der Waals surface area contributed by atoms with Gasteiger partial charge in [-0.15, -0.1) is 13.2 Å². The lowest BCUT2D eigenvalue weighted by atomic mass is 9.64. The molecule has 1 heteroatoms. The predicted molar refractivity (Wildman–Crippen MR) is 88.0 cm³/mol. The minimum atomic E-state index is -0.141. The Hall–Kier alpha value is -1.37. The molecule has 8 atom stereocenters. The maximum Gasteiger partial charge on any atom is 0.147 e. The van der Waals surface area contributed by atoms with Crippen LogP contribution in [0.2, 0.25) is 0 Å². The van der Waals surface area contributed by atoms with Crippen molar-refractivity contribution in [2.45, 2.75) is 25.7 Å². The molecule has 0 heterocycles. The first-order valence-corrected chi connectivity index (χ1v) is 8.83. The van der Waals surface area contributed by atoms with Crippen molar-refractivity contribution in [1.29, 1.82) is 0 Å². The highest BCUT2D eigenvalue weighted by atomic mass is 16.1. The van der Waals surface area contributed by atoms with Crippen molar-refractivity contribution in [1.82, 2.24) is 0 Å². The molecule has 3 fully saturated rings. The first-order chi connectivity index (χ1) is 10.7. The van der Waals surface area contributed by atoms with Gasteiger partial charge < -0.3 is 0 Å². The molecule has 114 valence electrons. The van der Waals surface area contributed by atoms with Crippen molar-refractivity contribution >= 4 is 5.78 Å². The van der Waals surface area contributed by atoms with Crippen LogP contribution >= 0.6 is 0 Å². The third-order valence-corrected chi connectivity index (χ3v) is 7.87. The topological polar surface area (TPSA) is 17.1 Å². The average Bonchev–Trinajstić information content (AvgIpc) is 3.27. The lowest BCUT2D eigenvalue weighted by Crippen LogP contribution is -2.42. The van der Waals surface area contributed by atoms with Gasteiger partial charge in [0.05, 0.1) is 0 Å². The first kappa shape index (κ1) is 13.1. The van der Waals surface area contributed by atoms with E-state index in [9.17, 15) is 4.79 Å². The molecule has 0 aliphatic heterocycles. The van der Waals surface area contributed by atoms with Gasteiger partial charge in [0, 0.05) is 10.8 Å². The zero-order valence-electron chi connectivity index (χ0n) is 13.1. The normalized spacial score (nSPS) is 55.7. The van der Waals surface area contributed by atoms with Crippen LogP contribution < -0.4 is 0 Å². The van der Waals surface area contributed by atoms with Gasteiger partial charge in [0.1, 0.15) is 5.78 Å². The van der Waals surface area contributed by atoms with Gasteiger partial charge in [0.2, 0.25) is 0 Å². The van der Waals surface area contributed by atoms with E-state index in [-0.39, 0.29) is 10.8 Å². The van der Waals surface area contributed by atoms with E-state index in [0.717, 1.165) is 12.8 Å². The summed E-state index contributed by atoms with van der Waals surface area (Å²) in [6.45, 7) is 8.00. The van der Waals surface area contributed by atoms with Gasteiger partial charge in [-0.05, 0) is 61.2 Å². The third-order valence-electron chi connectivity index (χ3n) is 7.87. The molecule has 5 aliphatic rings. The van der Waals surface area contributed by atoms with Gasteiger partial charge in [-0.2, -0.15) is 0 Å². The van der Waals surface area contributed by atoms with Crippen molar-refractivity contribution in [3.05, 3.63) is 49.6 Å². The molecule has 0 N–H and O–H groups in total. The second kappa shape index (κ2) is 3.93. The SMILES string of the molecule is C=CC[C@@]12C(=O)[C@@]3(CC=C)C4C=CC(C4)[C@H]3[C@@H]1C1C=CC2C1. The molecule has 5 rings (SSSR count). The van der Waals surface area contributed by atoms with Crippen molar-refractivity contribution < 1.29 is 4.79 Å². The van der Waals surface area contributed by atoms with Crippen LogP contribution in [-0.4, -0.2) is 5.78 Å². The fourth-order valence-electron chi connectivity index (χ4n) is 7.49. The molecule has 4 unspecified atom stereocenters. The highest BCUT2D eigenvalue weighted by Gasteiger charge is 2.78. The molecule has 3 saturated carbocycles. The molecular weight excluding hydrogens is 268 g/mol. The van der Waals surface area contributed by atoms with Crippen molar-refractivity contribution in [3.63, 3.8) is 0 Å². The monoisotopic (exact) mass is 292 g/mol. The summed E-state index contributed by atoms with van der Waals surface area (Å²) in [4.78, 5) is 13.9. The van der Waals surface area contributed by atoms with E-state index in [1.165, 1.54) is 12.8 Å². The molecule has 0 spiro atoms. The summed E-state index contributed by atoms with van der Waals surface area (Å²) in [5.41, 5.74) is -0.282. The summed E-state index contributed by atoms with van der Waals surface area (Å²) >= 11 is 0. The highest BCUT2D eigenvalue weighted by molar-refractivity contribution is 5.96. The van der Waals surface area contributed by atoms with Gasteiger partial charge in [0.25, 0.3) is 0 Å². The summed E-state index contributed by atoms with van der Waals surface area (Å²) < 4.78 is 0. The van der Waals surface area contributed by atoms with Crippen LogP contribution in [0.1, 0.15) is 25.7 Å². The molecule has 0 saturated heterocycles. The van der Waals surface area contributed by atoms with E-state index < -0.39 is 0 Å². The maximum atomic E-state index is 13.9. The summed E-state index contributed by atoms with van der Waals surface area (Å²) in [5.74, 6) is 3.83. The zero-order chi connectivity index (χ0) is 15.1. The van der Waals surface area contributed by atoms with Crippen LogP contribution in [0.15, 0.2) is 49.6 Å². The number of rotatable bonds is 4. The number of hydrogen-bond donors (Lipinski definition) is 0. The second-order valence-electron chi connectivity index (χ2n) is 8.23. The van der Waals surface area contributed by atoms with Crippen LogP contribution in [0.5, 0.6) is 0 Å². The van der Waals surface area contributed by atoms with Crippen LogP contribution in [0.3, 0.4) is 0 Å². The molecule has 0 aromatic rings. The average molecular weight is 292 g/mol. The number of allylic oxidation sites excluding steroid dienone is 6. The molecule has 4 bridgehead atoms. The lowest BCUT2D eigenvalue weighted by molar-refractivity contribution is -0.137. The van der Waals surface area contributed by atoms with Crippen LogP contribution in [0, 0.1) is 46.3 Å². The number of Topliss-reactive ketones (excluding diaryl/α,β-unsaturated/α-hetero) is 1. The highest BCUT2D eigenvalue weighted by Crippen LogP contribution is 2.77. The fraction of sp³-hybridized carbons (Fsp3) is 0.571. The number of hydrogen-bond acceptors (Lipinski definition) is 1. The van der Waals surface area contributed by atoms with E-state index in [0.29, 0.717) is 41.3 Å². The van der Waals surface area contributed by atoms with E-state index in [4.69, 9.17) is 0 Å². The Morgan fingerprint density at radius 1 is 0.909 bits per heavy atom. The Kier molecular flexibility index (Phi) is 2.34. The van der Waals surface area contributed by atoms with E-state index in [1.807, 2.05) is 12.2 Å². The molecular formula is C21H24O. The van der Waals surface area contributed by atoms with Gasteiger partial charge in [-0.1, -0.05) is 36.5 Å². The van der Waals surface area contributed by atoms with Crippen LogP contribution in [0.25, 0.3) is 0 Å². The van der Waals surface area contributed by atoms with Crippen molar-refractivity contribution in [3.8, 4) is 0 Å². The fourth-order valence-corrected chi connectivity index (χ4v) is 7.49. The summed E-state index contributed by atoms with van der Waals surface area (Å²) in [6, 6.07) is 0. The lowest BCUT2D eigenvalue weighted by Gasteiger charge is -2.37. The van der Waals surface area contributed by atoms with Crippen LogP contribution in [0.4, 0.5) is 0 Å². The van der Waals surface area contributed by atoms with Crippen molar-refractivity contribution in [2.24, 2.45) is 46.3 Å². The Balaban J connectivity index is 1.74. The minimum absolute atomic E-state index is 0.141. The van der Waals surface area contributed by atoms with Crippen LogP contribution in [-0.2, 0) is 4.79 Å². The Morgan fingerprint density at radius 2 is 1.36 bits per heavy atom. The second-order valence-corrected chi connectivity index (χ2v) is 8.23. The smallest absolute Gasteiger partial charge is 0.147 e. The summed E-state index contributed by atoms with van der Waals surface area (Å²) in [7, 11) is 0. The Morgan fingerprint density at radius 3 is 1.77 bits per heavy atom. The number of carbonyl (C=O) groups is 1. The molecule has 1 nitrogen and oxygen atoms in total. The standard InChI is InChI=1S/C21H24O/c1-3-9-20-15-7-5-13(11-15)17(20)18-14-6-8-16(12-14)21(18,10-4-2)19(20)22/h3-8,13-18H,1-2,9-12H2/t13?,14?,15?,16?,17-,18-,20-,21-/m0/s1. The molecule has 0 aromatic heterocycles. The maximum absolute atomic E-state index is 13.9. The van der Waals surface area contributed by atoms with Crippen molar-refractivity contribution in [2.75, 3.05) is 0 Å². The minimum Gasteiger partial charge on any atom is -0.298 e. The largest absolute Gasteiger partial charge is 0.298 e.